The van der Waals surface area contributed by atoms with E-state index >= 15 is 0 Å². The fraction of sp³-hybridized carbons (Fsp3) is 0.263. The van der Waals surface area contributed by atoms with Gasteiger partial charge in [0.25, 0.3) is 5.91 Å². The second-order valence-electron chi connectivity index (χ2n) is 6.14. The summed E-state index contributed by atoms with van der Waals surface area (Å²) in [5.41, 5.74) is 1.20. The molecule has 3 aromatic rings. The summed E-state index contributed by atoms with van der Waals surface area (Å²) in [6.45, 7) is 1.16. The Hall–Kier alpha value is -3.22. The molecule has 1 amide bonds. The molecule has 132 valence electrons. The Balaban J connectivity index is 1.44. The molecule has 26 heavy (non-hydrogen) atoms. The van der Waals surface area contributed by atoms with Gasteiger partial charge in [-0.25, -0.2) is 0 Å². The zero-order valence-electron chi connectivity index (χ0n) is 14.1. The van der Waals surface area contributed by atoms with Gasteiger partial charge in [0, 0.05) is 30.4 Å². The molecule has 1 aliphatic rings. The third kappa shape index (κ3) is 3.56. The quantitative estimate of drug-likeness (QED) is 0.720. The molecule has 1 aromatic carbocycles. The van der Waals surface area contributed by atoms with Gasteiger partial charge in [-0.15, -0.1) is 5.10 Å². The van der Waals surface area contributed by atoms with Crippen molar-refractivity contribution in [1.29, 1.82) is 0 Å². The lowest BCUT2D eigenvalue weighted by Gasteiger charge is -2.31. The minimum Gasteiger partial charge on any atom is -0.471 e. The van der Waals surface area contributed by atoms with E-state index in [4.69, 9.17) is 9.26 Å². The lowest BCUT2D eigenvalue weighted by atomic mass is 10.1. The first-order valence-corrected chi connectivity index (χ1v) is 8.55. The van der Waals surface area contributed by atoms with Crippen LogP contribution in [0, 0.1) is 0 Å². The predicted octanol–water partition coefficient (Wildman–Crippen LogP) is 2.82. The van der Waals surface area contributed by atoms with Gasteiger partial charge in [0.1, 0.15) is 6.10 Å². The van der Waals surface area contributed by atoms with Crippen molar-refractivity contribution in [3.8, 4) is 17.2 Å². The average Bonchev–Trinajstić information content (AvgIpc) is 3.19. The van der Waals surface area contributed by atoms with Crippen molar-refractivity contribution < 1.29 is 14.1 Å². The van der Waals surface area contributed by atoms with Gasteiger partial charge in [-0.05, 0) is 18.9 Å². The molecule has 7 nitrogen and oxygen atoms in total. The van der Waals surface area contributed by atoms with Crippen molar-refractivity contribution in [1.82, 2.24) is 20.3 Å². The van der Waals surface area contributed by atoms with Gasteiger partial charge in [0.15, 0.2) is 11.5 Å². The lowest BCUT2D eigenvalue weighted by molar-refractivity contribution is 0.0516. The summed E-state index contributed by atoms with van der Waals surface area (Å²) in [5, 5.41) is 11.7. The summed E-state index contributed by atoms with van der Waals surface area (Å²) in [6, 6.07) is 14.8. The summed E-state index contributed by atoms with van der Waals surface area (Å²) in [5.74, 6) is 0.904. The van der Waals surface area contributed by atoms with Gasteiger partial charge in [0.2, 0.25) is 5.88 Å². The number of carbonyl (C=O) groups excluding carboxylic acids is 1. The molecule has 1 atom stereocenters. The number of hydrogen-bond acceptors (Lipinski definition) is 6. The molecule has 0 radical (unpaired) electrons. The van der Waals surface area contributed by atoms with E-state index in [-0.39, 0.29) is 12.0 Å². The Morgan fingerprint density at radius 3 is 2.88 bits per heavy atom. The van der Waals surface area contributed by atoms with Crippen molar-refractivity contribution >= 4 is 5.91 Å². The van der Waals surface area contributed by atoms with Gasteiger partial charge in [-0.3, -0.25) is 4.79 Å². The number of benzene rings is 1. The van der Waals surface area contributed by atoms with Crippen molar-refractivity contribution in [3.63, 3.8) is 0 Å². The second-order valence-corrected chi connectivity index (χ2v) is 6.14. The molecule has 7 heteroatoms. The van der Waals surface area contributed by atoms with E-state index in [0.717, 1.165) is 18.4 Å². The number of ether oxygens (including phenoxy) is 1. The topological polar surface area (TPSA) is 81.4 Å². The van der Waals surface area contributed by atoms with Crippen molar-refractivity contribution in [2.45, 2.75) is 18.9 Å². The van der Waals surface area contributed by atoms with Crippen molar-refractivity contribution in [3.05, 3.63) is 60.4 Å². The zero-order valence-corrected chi connectivity index (χ0v) is 14.1. The molecule has 1 saturated heterocycles. The van der Waals surface area contributed by atoms with Crippen LogP contribution in [0.4, 0.5) is 0 Å². The number of nitrogens with zero attached hydrogens (tertiary/aromatic N) is 4. The molecular weight excluding hydrogens is 332 g/mol. The van der Waals surface area contributed by atoms with Crippen molar-refractivity contribution in [2.24, 2.45) is 0 Å². The number of carbonyl (C=O) groups is 1. The minimum atomic E-state index is -0.150. The molecule has 0 spiro atoms. The maximum Gasteiger partial charge on any atom is 0.276 e. The minimum absolute atomic E-state index is 0.107. The SMILES string of the molecule is O=C(c1cc(-c2ccccc2)on1)N1CCCC(Oc2cccnn2)C1. The van der Waals surface area contributed by atoms with E-state index < -0.39 is 0 Å². The van der Waals surface area contributed by atoms with Crippen LogP contribution in [-0.4, -0.2) is 45.4 Å². The highest BCUT2D eigenvalue weighted by molar-refractivity contribution is 5.93. The number of piperidine rings is 1. The van der Waals surface area contributed by atoms with Crippen LogP contribution >= 0.6 is 0 Å². The normalized spacial score (nSPS) is 17.1. The van der Waals surface area contributed by atoms with Crippen LogP contribution in [0.25, 0.3) is 11.3 Å². The number of hydrogen-bond donors (Lipinski definition) is 0. The molecule has 0 bridgehead atoms. The molecule has 0 saturated carbocycles. The largest absolute Gasteiger partial charge is 0.471 e. The Kier molecular flexibility index (Phi) is 4.59. The average molecular weight is 350 g/mol. The molecule has 4 rings (SSSR count). The molecule has 1 aliphatic heterocycles. The maximum absolute atomic E-state index is 12.8. The van der Waals surface area contributed by atoms with Crippen LogP contribution in [0.1, 0.15) is 23.3 Å². The first-order valence-electron chi connectivity index (χ1n) is 8.55. The monoisotopic (exact) mass is 350 g/mol. The molecule has 0 aliphatic carbocycles. The molecule has 3 heterocycles. The van der Waals surface area contributed by atoms with Crippen LogP contribution in [0.2, 0.25) is 0 Å². The molecule has 2 aromatic heterocycles. The van der Waals surface area contributed by atoms with E-state index in [9.17, 15) is 4.79 Å². The van der Waals surface area contributed by atoms with Crippen LogP contribution in [0.15, 0.2) is 59.3 Å². The highest BCUT2D eigenvalue weighted by Crippen LogP contribution is 2.22. The zero-order chi connectivity index (χ0) is 17.8. The van der Waals surface area contributed by atoms with Crippen LogP contribution < -0.4 is 4.74 Å². The fourth-order valence-corrected chi connectivity index (χ4v) is 3.02. The second kappa shape index (κ2) is 7.35. The summed E-state index contributed by atoms with van der Waals surface area (Å²) in [7, 11) is 0. The summed E-state index contributed by atoms with van der Waals surface area (Å²) < 4.78 is 11.2. The van der Waals surface area contributed by atoms with E-state index in [0.29, 0.717) is 30.4 Å². The molecule has 0 N–H and O–H groups in total. The third-order valence-corrected chi connectivity index (χ3v) is 4.29. The highest BCUT2D eigenvalue weighted by atomic mass is 16.5. The van der Waals surface area contributed by atoms with Crippen molar-refractivity contribution in [2.75, 3.05) is 13.1 Å². The number of likely N-dealkylation sites (tertiary alicyclic amines) is 1. The van der Waals surface area contributed by atoms with E-state index in [1.54, 1.807) is 29.3 Å². The van der Waals surface area contributed by atoms with Crippen LogP contribution in [0.3, 0.4) is 0 Å². The maximum atomic E-state index is 12.8. The first kappa shape index (κ1) is 16.3. The standard InChI is InChI=1S/C19H18N4O3/c24-19(16-12-17(26-22-16)14-6-2-1-3-7-14)23-11-5-8-15(13-23)25-18-9-4-10-20-21-18/h1-4,6-7,9-10,12,15H,5,8,11,13H2. The summed E-state index contributed by atoms with van der Waals surface area (Å²) >= 11 is 0. The number of aromatic nitrogens is 3. The van der Waals surface area contributed by atoms with Crippen LogP contribution in [-0.2, 0) is 0 Å². The van der Waals surface area contributed by atoms with Gasteiger partial charge >= 0.3 is 0 Å². The summed E-state index contributed by atoms with van der Waals surface area (Å²) in [6.07, 6.45) is 3.22. The van der Waals surface area contributed by atoms with E-state index in [1.807, 2.05) is 30.3 Å². The van der Waals surface area contributed by atoms with Crippen LogP contribution in [0.5, 0.6) is 5.88 Å². The Morgan fingerprint density at radius 1 is 1.19 bits per heavy atom. The van der Waals surface area contributed by atoms with Gasteiger partial charge in [-0.2, -0.15) is 5.10 Å². The highest BCUT2D eigenvalue weighted by Gasteiger charge is 2.28. The van der Waals surface area contributed by atoms with Gasteiger partial charge < -0.3 is 14.2 Å². The Labute approximate surface area is 150 Å². The van der Waals surface area contributed by atoms with Gasteiger partial charge in [0.05, 0.1) is 6.54 Å². The fourth-order valence-electron chi connectivity index (χ4n) is 3.02. The third-order valence-electron chi connectivity index (χ3n) is 4.29. The smallest absolute Gasteiger partial charge is 0.276 e. The molecule has 1 unspecified atom stereocenters. The van der Waals surface area contributed by atoms with E-state index in [2.05, 4.69) is 15.4 Å². The van der Waals surface area contributed by atoms with Gasteiger partial charge in [-0.1, -0.05) is 35.5 Å². The lowest BCUT2D eigenvalue weighted by Crippen LogP contribution is -2.44. The number of rotatable bonds is 4. The molecule has 1 fully saturated rings. The predicted molar refractivity (Wildman–Crippen MR) is 93.5 cm³/mol. The number of amides is 1. The molecular formula is C19H18N4O3. The first-order chi connectivity index (χ1) is 12.8. The van der Waals surface area contributed by atoms with E-state index in [1.165, 1.54) is 0 Å². The Bertz CT molecular complexity index is 867. The Morgan fingerprint density at radius 2 is 2.08 bits per heavy atom. The summed E-state index contributed by atoms with van der Waals surface area (Å²) in [4.78, 5) is 14.5.